The number of nitrogen functional groups attached to an aromatic ring is 1. The summed E-state index contributed by atoms with van der Waals surface area (Å²) in [5, 5.41) is 0.147. The van der Waals surface area contributed by atoms with E-state index >= 15 is 0 Å². The number of halogens is 1. The summed E-state index contributed by atoms with van der Waals surface area (Å²) in [6, 6.07) is 2.93. The number of esters is 1. The zero-order chi connectivity index (χ0) is 16.2. The Kier molecular flexibility index (Phi) is 5.86. The van der Waals surface area contributed by atoms with Gasteiger partial charge in [0.1, 0.15) is 17.9 Å². The summed E-state index contributed by atoms with van der Waals surface area (Å²) < 4.78 is 32.5. The monoisotopic (exact) mass is 335 g/mol. The third kappa shape index (κ3) is 5.43. The first kappa shape index (κ1) is 17.6. The molecule has 1 rings (SSSR count). The minimum Gasteiger partial charge on any atom is -0.490 e. The molecule has 0 amide bonds. The van der Waals surface area contributed by atoms with E-state index in [1.165, 1.54) is 12.1 Å². The molecular weight excluding hydrogens is 318 g/mol. The van der Waals surface area contributed by atoms with E-state index in [1.807, 2.05) is 0 Å². The molecule has 0 aliphatic rings. The predicted molar refractivity (Wildman–Crippen MR) is 81.6 cm³/mol. The van der Waals surface area contributed by atoms with Crippen LogP contribution in [0.1, 0.15) is 24.2 Å². The fraction of sp³-hybridized carbons (Fsp3) is 0.462. The zero-order valence-electron chi connectivity index (χ0n) is 12.1. The van der Waals surface area contributed by atoms with Gasteiger partial charge in [-0.1, -0.05) is 11.6 Å². The van der Waals surface area contributed by atoms with Gasteiger partial charge in [0.15, 0.2) is 9.84 Å². The van der Waals surface area contributed by atoms with Gasteiger partial charge < -0.3 is 15.2 Å². The summed E-state index contributed by atoms with van der Waals surface area (Å²) in [5.41, 5.74) is 5.90. The van der Waals surface area contributed by atoms with E-state index in [2.05, 4.69) is 0 Å². The Morgan fingerprint density at radius 3 is 2.52 bits per heavy atom. The average molecular weight is 336 g/mol. The van der Waals surface area contributed by atoms with Crippen molar-refractivity contribution in [1.82, 2.24) is 0 Å². The van der Waals surface area contributed by atoms with Crippen LogP contribution in [0.2, 0.25) is 5.02 Å². The highest BCUT2D eigenvalue weighted by Gasteiger charge is 2.20. The molecule has 1 aromatic carbocycles. The van der Waals surface area contributed by atoms with Gasteiger partial charge in [-0.15, -0.1) is 0 Å². The topological polar surface area (TPSA) is 95.7 Å². The summed E-state index contributed by atoms with van der Waals surface area (Å²) >= 11 is 5.95. The maximum atomic E-state index is 11.9. The molecule has 21 heavy (non-hydrogen) atoms. The highest BCUT2D eigenvalue weighted by molar-refractivity contribution is 7.90. The molecule has 0 saturated carbocycles. The molecule has 1 aromatic rings. The number of carbonyl (C=O) groups excluding carboxylic acids is 1. The fourth-order valence-electron chi connectivity index (χ4n) is 1.48. The molecule has 0 spiro atoms. The molecule has 0 radical (unpaired) electrons. The van der Waals surface area contributed by atoms with E-state index in [0.29, 0.717) is 0 Å². The third-order valence-corrected chi connectivity index (χ3v) is 3.64. The number of ether oxygens (including phenoxy) is 2. The van der Waals surface area contributed by atoms with Crippen molar-refractivity contribution in [3.05, 3.63) is 22.7 Å². The van der Waals surface area contributed by atoms with Gasteiger partial charge in [-0.25, -0.2) is 13.2 Å². The molecule has 6 nitrogen and oxygen atoms in total. The minimum atomic E-state index is -3.14. The van der Waals surface area contributed by atoms with Crippen molar-refractivity contribution in [3.63, 3.8) is 0 Å². The summed E-state index contributed by atoms with van der Waals surface area (Å²) in [7, 11) is -3.14. The number of benzene rings is 1. The summed E-state index contributed by atoms with van der Waals surface area (Å²) in [6.45, 7) is 3.34. The number of carbonyl (C=O) groups is 1. The number of nitrogens with two attached hydrogens (primary N) is 1. The van der Waals surface area contributed by atoms with Crippen LogP contribution in [0.15, 0.2) is 12.1 Å². The lowest BCUT2D eigenvalue weighted by atomic mass is 10.1. The summed E-state index contributed by atoms with van der Waals surface area (Å²) in [4.78, 5) is 11.9. The number of sulfone groups is 1. The molecule has 0 heterocycles. The molecule has 0 bridgehead atoms. The van der Waals surface area contributed by atoms with Crippen LogP contribution in [0.4, 0.5) is 5.69 Å². The second-order valence-corrected chi connectivity index (χ2v) is 7.43. The van der Waals surface area contributed by atoms with Crippen LogP contribution in [-0.2, 0) is 14.6 Å². The Morgan fingerprint density at radius 1 is 1.38 bits per heavy atom. The van der Waals surface area contributed by atoms with Crippen LogP contribution >= 0.6 is 11.6 Å². The van der Waals surface area contributed by atoms with Crippen molar-refractivity contribution in [2.24, 2.45) is 0 Å². The van der Waals surface area contributed by atoms with Crippen molar-refractivity contribution in [2.45, 2.75) is 20.0 Å². The highest BCUT2D eigenvalue weighted by atomic mass is 35.5. The Balaban J connectivity index is 2.96. The molecule has 0 saturated heterocycles. The molecule has 2 N–H and O–H groups in total. The largest absolute Gasteiger partial charge is 0.490 e. The standard InChI is InChI=1S/C13H18ClNO5S/c1-8(2)20-13(16)11-9(14)4-5-10(12(11)15)19-6-7-21(3,17)18/h4-5,8H,6-7,15H2,1-3H3. The third-order valence-electron chi connectivity index (χ3n) is 2.41. The summed E-state index contributed by atoms with van der Waals surface area (Å²) in [6.07, 6.45) is 0.787. The maximum absolute atomic E-state index is 11.9. The van der Waals surface area contributed by atoms with Crippen molar-refractivity contribution < 1.29 is 22.7 Å². The minimum absolute atomic E-state index is 0.0159. The molecule has 0 unspecified atom stereocenters. The lowest BCUT2D eigenvalue weighted by Crippen LogP contribution is -2.16. The first-order valence-corrected chi connectivity index (χ1v) is 8.65. The Hall–Kier alpha value is -1.47. The number of hydrogen-bond acceptors (Lipinski definition) is 6. The van der Waals surface area contributed by atoms with Gasteiger partial charge in [0.2, 0.25) is 0 Å². The fourth-order valence-corrected chi connectivity index (χ4v) is 2.11. The van der Waals surface area contributed by atoms with Crippen molar-refractivity contribution >= 4 is 33.1 Å². The SMILES string of the molecule is CC(C)OC(=O)c1c(Cl)ccc(OCCS(C)(=O)=O)c1N. The van der Waals surface area contributed by atoms with Gasteiger partial charge in [0.05, 0.1) is 22.6 Å². The lowest BCUT2D eigenvalue weighted by molar-refractivity contribution is 0.0379. The van der Waals surface area contributed by atoms with Gasteiger partial charge in [-0.3, -0.25) is 0 Å². The molecule has 118 valence electrons. The van der Waals surface area contributed by atoms with Gasteiger partial charge in [0.25, 0.3) is 0 Å². The zero-order valence-corrected chi connectivity index (χ0v) is 13.6. The second kappa shape index (κ2) is 7.00. The molecule has 0 aliphatic carbocycles. The number of anilines is 1. The van der Waals surface area contributed by atoms with Crippen molar-refractivity contribution in [2.75, 3.05) is 24.3 Å². The molecule has 0 aromatic heterocycles. The van der Waals surface area contributed by atoms with E-state index in [9.17, 15) is 13.2 Å². The Labute approximate surface area is 129 Å². The quantitative estimate of drug-likeness (QED) is 0.630. The second-order valence-electron chi connectivity index (χ2n) is 4.77. The van der Waals surface area contributed by atoms with Crippen molar-refractivity contribution in [3.8, 4) is 5.75 Å². The molecular formula is C13H18ClNO5S. The number of rotatable bonds is 6. The maximum Gasteiger partial charge on any atom is 0.342 e. The average Bonchev–Trinajstić information content (AvgIpc) is 2.29. The van der Waals surface area contributed by atoms with Crippen LogP contribution in [-0.4, -0.2) is 39.1 Å². The predicted octanol–water partition coefficient (Wildman–Crippen LogP) is 1.91. The first-order chi connectivity index (χ1) is 9.61. The van der Waals surface area contributed by atoms with Gasteiger partial charge in [-0.05, 0) is 26.0 Å². The van der Waals surface area contributed by atoms with E-state index < -0.39 is 15.8 Å². The van der Waals surface area contributed by atoms with E-state index in [0.717, 1.165) is 6.26 Å². The normalized spacial score (nSPS) is 11.5. The van der Waals surface area contributed by atoms with Crippen LogP contribution in [0.25, 0.3) is 0 Å². The van der Waals surface area contributed by atoms with Crippen molar-refractivity contribution in [1.29, 1.82) is 0 Å². The van der Waals surface area contributed by atoms with E-state index in [1.54, 1.807) is 13.8 Å². The lowest BCUT2D eigenvalue weighted by Gasteiger charge is -2.14. The number of hydrogen-bond donors (Lipinski definition) is 1. The Bertz CT molecular complexity index is 628. The van der Waals surface area contributed by atoms with Crippen LogP contribution in [0.3, 0.4) is 0 Å². The highest BCUT2D eigenvalue weighted by Crippen LogP contribution is 2.32. The van der Waals surface area contributed by atoms with Gasteiger partial charge in [-0.2, -0.15) is 0 Å². The van der Waals surface area contributed by atoms with Gasteiger partial charge >= 0.3 is 5.97 Å². The molecule has 0 atom stereocenters. The van der Waals surface area contributed by atoms with Gasteiger partial charge in [0, 0.05) is 6.26 Å². The summed E-state index contributed by atoms with van der Waals surface area (Å²) in [5.74, 6) is -0.610. The first-order valence-electron chi connectivity index (χ1n) is 6.21. The van der Waals surface area contributed by atoms with Crippen LogP contribution in [0.5, 0.6) is 5.75 Å². The molecule has 0 fully saturated rings. The molecule has 0 aliphatic heterocycles. The van der Waals surface area contributed by atoms with Crippen LogP contribution in [0, 0.1) is 0 Å². The Morgan fingerprint density at radius 2 is 2.00 bits per heavy atom. The smallest absolute Gasteiger partial charge is 0.342 e. The van der Waals surface area contributed by atoms with E-state index in [4.69, 9.17) is 26.8 Å². The van der Waals surface area contributed by atoms with E-state index in [-0.39, 0.29) is 40.5 Å². The van der Waals surface area contributed by atoms with Crippen LogP contribution < -0.4 is 10.5 Å². The molecule has 8 heteroatoms.